The van der Waals surface area contributed by atoms with E-state index < -0.39 is 11.9 Å². The van der Waals surface area contributed by atoms with Gasteiger partial charge in [0.1, 0.15) is 0 Å². The van der Waals surface area contributed by atoms with Crippen LogP contribution in [-0.2, 0) is 27.2 Å². The number of benzene rings is 2. The van der Waals surface area contributed by atoms with Crippen LogP contribution in [0.1, 0.15) is 58.3 Å². The van der Waals surface area contributed by atoms with Crippen LogP contribution in [0.15, 0.2) is 36.4 Å². The van der Waals surface area contributed by atoms with Crippen LogP contribution in [0.3, 0.4) is 0 Å². The molecule has 0 aliphatic heterocycles. The molecule has 0 aromatic heterocycles. The number of hydrogen-bond acceptors (Lipinski definition) is 4. The number of nitrogens with one attached hydrogen (secondary N) is 1. The quantitative estimate of drug-likeness (QED) is 0.561. The summed E-state index contributed by atoms with van der Waals surface area (Å²) in [6.45, 7) is 3.52. The van der Waals surface area contributed by atoms with Crippen molar-refractivity contribution in [3.05, 3.63) is 64.2 Å². The number of fused-ring (bicyclic) bond motifs is 1. The Morgan fingerprint density at radius 2 is 1.72 bits per heavy atom. The molecule has 0 spiro atoms. The number of amides is 1. The van der Waals surface area contributed by atoms with Crippen molar-refractivity contribution in [1.82, 2.24) is 0 Å². The topological polar surface area (TPSA) is 72.5 Å². The first-order valence-electron chi connectivity index (χ1n) is 10.1. The maximum atomic E-state index is 12.4. The minimum atomic E-state index is -0.549. The zero-order chi connectivity index (χ0) is 20.8. The normalized spacial score (nSPS) is 12.8. The maximum absolute atomic E-state index is 12.4. The van der Waals surface area contributed by atoms with Gasteiger partial charge in [-0.1, -0.05) is 24.3 Å². The van der Waals surface area contributed by atoms with Gasteiger partial charge in [-0.15, -0.1) is 0 Å². The molecule has 0 atom stereocenters. The van der Waals surface area contributed by atoms with Crippen molar-refractivity contribution in [3.8, 4) is 0 Å². The average Bonchev–Trinajstić information content (AvgIpc) is 2.73. The molecule has 0 fully saturated rings. The highest BCUT2D eigenvalue weighted by molar-refractivity contribution is 5.98. The van der Waals surface area contributed by atoms with Crippen molar-refractivity contribution < 1.29 is 19.1 Å². The van der Waals surface area contributed by atoms with Crippen molar-refractivity contribution in [1.29, 1.82) is 0 Å². The third-order valence-electron chi connectivity index (χ3n) is 5.47. The summed E-state index contributed by atoms with van der Waals surface area (Å²) in [6, 6.07) is 11.5. The smallest absolute Gasteiger partial charge is 0.306 e. The third kappa shape index (κ3) is 5.53. The van der Waals surface area contributed by atoms with Crippen LogP contribution in [0, 0.1) is 13.8 Å². The van der Waals surface area contributed by atoms with Crippen LogP contribution >= 0.6 is 0 Å². The standard InChI is InChI=1S/C24H27NO4/c1-16-6-5-9-21(17(16)2)25-23(27)15-29-24(28)13-12-22(26)20-11-10-18-7-3-4-8-19(18)14-20/h5-6,9-11,14H,3-4,7-8,12-13,15H2,1-2H3,(H,25,27). The number of Topliss-reactive ketones (excluding diaryl/α,β-unsaturated/α-hetero) is 1. The largest absolute Gasteiger partial charge is 0.456 e. The summed E-state index contributed by atoms with van der Waals surface area (Å²) in [5, 5.41) is 2.74. The molecule has 5 nitrogen and oxygen atoms in total. The fraction of sp³-hybridized carbons (Fsp3) is 0.375. The summed E-state index contributed by atoms with van der Waals surface area (Å²) in [5.74, 6) is -1.02. The number of carbonyl (C=O) groups excluding carboxylic acids is 3. The second kappa shape index (κ2) is 9.50. The van der Waals surface area contributed by atoms with E-state index >= 15 is 0 Å². The van der Waals surface area contributed by atoms with Crippen LogP contribution in [0.4, 0.5) is 5.69 Å². The number of carbonyl (C=O) groups is 3. The molecule has 5 heteroatoms. The molecule has 0 unspecified atom stereocenters. The SMILES string of the molecule is Cc1cccc(NC(=O)COC(=O)CCC(=O)c2ccc3c(c2)CCCC3)c1C. The second-order valence-electron chi connectivity index (χ2n) is 7.57. The van der Waals surface area contributed by atoms with Crippen molar-refractivity contribution >= 4 is 23.3 Å². The van der Waals surface area contributed by atoms with Crippen LogP contribution in [0.25, 0.3) is 0 Å². The van der Waals surface area contributed by atoms with Gasteiger partial charge in [0, 0.05) is 17.7 Å². The molecule has 0 saturated carbocycles. The van der Waals surface area contributed by atoms with E-state index in [1.807, 2.05) is 44.2 Å². The number of anilines is 1. The van der Waals surface area contributed by atoms with Crippen LogP contribution in [-0.4, -0.2) is 24.3 Å². The highest BCUT2D eigenvalue weighted by Gasteiger charge is 2.15. The predicted octanol–water partition coefficient (Wildman–Crippen LogP) is 4.33. The molecular weight excluding hydrogens is 366 g/mol. The monoisotopic (exact) mass is 393 g/mol. The highest BCUT2D eigenvalue weighted by Crippen LogP contribution is 2.23. The van der Waals surface area contributed by atoms with Gasteiger partial charge in [-0.25, -0.2) is 0 Å². The Hall–Kier alpha value is -2.95. The van der Waals surface area contributed by atoms with Gasteiger partial charge in [0.2, 0.25) is 0 Å². The van der Waals surface area contributed by atoms with Crippen molar-refractivity contribution in [2.75, 3.05) is 11.9 Å². The number of rotatable bonds is 7. The summed E-state index contributed by atoms with van der Waals surface area (Å²) >= 11 is 0. The number of aryl methyl sites for hydroxylation is 3. The number of esters is 1. The lowest BCUT2D eigenvalue weighted by atomic mass is 9.89. The number of hydrogen-bond donors (Lipinski definition) is 1. The molecule has 2 aromatic rings. The molecule has 0 radical (unpaired) electrons. The van der Waals surface area contributed by atoms with Gasteiger partial charge < -0.3 is 10.1 Å². The summed E-state index contributed by atoms with van der Waals surface area (Å²) < 4.78 is 5.02. The summed E-state index contributed by atoms with van der Waals surface area (Å²) in [7, 11) is 0. The summed E-state index contributed by atoms with van der Waals surface area (Å²) in [4.78, 5) is 36.4. The summed E-state index contributed by atoms with van der Waals surface area (Å²) in [6.07, 6.45) is 4.47. The Morgan fingerprint density at radius 3 is 2.52 bits per heavy atom. The van der Waals surface area contributed by atoms with Crippen molar-refractivity contribution in [2.45, 2.75) is 52.4 Å². The Balaban J connectivity index is 1.44. The Bertz CT molecular complexity index is 932. The van der Waals surface area contributed by atoms with Gasteiger partial charge in [0.15, 0.2) is 12.4 Å². The molecule has 1 aliphatic carbocycles. The van der Waals surface area contributed by atoms with E-state index in [1.165, 1.54) is 17.5 Å². The molecule has 0 bridgehead atoms. The molecule has 0 saturated heterocycles. The Labute approximate surface area is 171 Å². The van der Waals surface area contributed by atoms with Gasteiger partial charge in [-0.2, -0.15) is 0 Å². The molecule has 3 rings (SSSR count). The van der Waals surface area contributed by atoms with Crippen molar-refractivity contribution in [3.63, 3.8) is 0 Å². The molecule has 152 valence electrons. The van der Waals surface area contributed by atoms with E-state index in [0.717, 1.165) is 30.4 Å². The molecule has 0 heterocycles. The van der Waals surface area contributed by atoms with Crippen LogP contribution in [0.5, 0.6) is 0 Å². The van der Waals surface area contributed by atoms with Crippen LogP contribution in [0.2, 0.25) is 0 Å². The molecule has 2 aromatic carbocycles. The predicted molar refractivity (Wildman–Crippen MR) is 112 cm³/mol. The minimum Gasteiger partial charge on any atom is -0.456 e. The van der Waals surface area contributed by atoms with Crippen LogP contribution < -0.4 is 5.32 Å². The number of ether oxygens (including phenoxy) is 1. The second-order valence-corrected chi connectivity index (χ2v) is 7.57. The summed E-state index contributed by atoms with van der Waals surface area (Å²) in [5.41, 5.74) is 5.96. The average molecular weight is 393 g/mol. The number of ketones is 1. The fourth-order valence-electron chi connectivity index (χ4n) is 3.56. The Morgan fingerprint density at radius 1 is 0.966 bits per heavy atom. The lowest BCUT2D eigenvalue weighted by Gasteiger charge is -2.16. The molecule has 29 heavy (non-hydrogen) atoms. The van der Waals surface area contributed by atoms with Crippen molar-refractivity contribution in [2.24, 2.45) is 0 Å². The zero-order valence-corrected chi connectivity index (χ0v) is 17.0. The van der Waals surface area contributed by atoms with E-state index in [4.69, 9.17) is 4.74 Å². The highest BCUT2D eigenvalue weighted by atomic mass is 16.5. The van der Waals surface area contributed by atoms with Gasteiger partial charge in [-0.05, 0) is 73.9 Å². The first-order valence-corrected chi connectivity index (χ1v) is 10.1. The first-order chi connectivity index (χ1) is 13.9. The lowest BCUT2D eigenvalue weighted by Crippen LogP contribution is -2.21. The molecular formula is C24H27NO4. The van der Waals surface area contributed by atoms with Gasteiger partial charge in [0.05, 0.1) is 6.42 Å². The lowest BCUT2D eigenvalue weighted by molar-refractivity contribution is -0.147. The van der Waals surface area contributed by atoms with Gasteiger partial charge in [0.25, 0.3) is 5.91 Å². The van der Waals surface area contributed by atoms with Gasteiger partial charge in [-0.3, -0.25) is 14.4 Å². The molecule has 1 aliphatic rings. The van der Waals surface area contributed by atoms with E-state index in [0.29, 0.717) is 11.3 Å². The first kappa shape index (κ1) is 20.8. The Kier molecular flexibility index (Phi) is 6.81. The third-order valence-corrected chi connectivity index (χ3v) is 5.47. The molecule has 1 N–H and O–H groups in total. The van der Waals surface area contributed by atoms with E-state index in [2.05, 4.69) is 5.32 Å². The van der Waals surface area contributed by atoms with E-state index in [9.17, 15) is 14.4 Å². The maximum Gasteiger partial charge on any atom is 0.306 e. The van der Waals surface area contributed by atoms with E-state index in [1.54, 1.807) is 6.07 Å². The fourth-order valence-corrected chi connectivity index (χ4v) is 3.56. The minimum absolute atomic E-state index is 0.0350. The van der Waals surface area contributed by atoms with E-state index in [-0.39, 0.29) is 25.2 Å². The van der Waals surface area contributed by atoms with Gasteiger partial charge >= 0.3 is 5.97 Å². The zero-order valence-electron chi connectivity index (χ0n) is 17.0. The molecule has 1 amide bonds.